The first-order chi connectivity index (χ1) is 7.20. The maximum Gasteiger partial charge on any atom is 0.167 e. The Hall–Kier alpha value is -1.13. The zero-order valence-electron chi connectivity index (χ0n) is 8.47. The zero-order chi connectivity index (χ0) is 10.8. The summed E-state index contributed by atoms with van der Waals surface area (Å²) in [5.41, 5.74) is 0.711. The number of aromatic nitrogens is 1. The van der Waals surface area contributed by atoms with Crippen molar-refractivity contribution in [1.82, 2.24) is 4.57 Å². The Kier molecular flexibility index (Phi) is 2.88. The highest BCUT2D eigenvalue weighted by atomic mass is 16.3. The molecule has 15 heavy (non-hydrogen) atoms. The summed E-state index contributed by atoms with van der Waals surface area (Å²) in [4.78, 5) is 11.7. The van der Waals surface area contributed by atoms with Crippen LogP contribution in [-0.2, 0) is 6.54 Å². The summed E-state index contributed by atoms with van der Waals surface area (Å²) in [7, 11) is 0. The Labute approximate surface area is 88.1 Å². The molecule has 2 N–H and O–H groups in total. The second kappa shape index (κ2) is 4.16. The van der Waals surface area contributed by atoms with Gasteiger partial charge in [0.1, 0.15) is 0 Å². The van der Waals surface area contributed by atoms with E-state index >= 15 is 0 Å². The number of aliphatic hydroxyl groups excluding tert-OH is 2. The predicted molar refractivity (Wildman–Crippen MR) is 54.6 cm³/mol. The molecule has 0 amide bonds. The van der Waals surface area contributed by atoms with Crippen LogP contribution in [0.15, 0.2) is 18.5 Å². The molecular formula is C11H15NO3. The molecule has 1 heterocycles. The highest BCUT2D eigenvalue weighted by molar-refractivity contribution is 5.99. The van der Waals surface area contributed by atoms with Gasteiger partial charge in [-0.3, -0.25) is 4.79 Å². The fourth-order valence-corrected chi connectivity index (χ4v) is 1.58. The maximum atomic E-state index is 11.7. The van der Waals surface area contributed by atoms with E-state index in [2.05, 4.69) is 0 Å². The Bertz CT molecular complexity index is 354. The second-order valence-corrected chi connectivity index (χ2v) is 4.07. The van der Waals surface area contributed by atoms with E-state index in [1.807, 2.05) is 0 Å². The molecule has 0 bridgehead atoms. The van der Waals surface area contributed by atoms with Gasteiger partial charge < -0.3 is 14.8 Å². The molecule has 1 atom stereocenters. The molecule has 1 fully saturated rings. The minimum Gasteiger partial charge on any atom is -0.394 e. The molecule has 0 saturated heterocycles. The van der Waals surface area contributed by atoms with Crippen LogP contribution >= 0.6 is 0 Å². The van der Waals surface area contributed by atoms with Crippen molar-refractivity contribution in [1.29, 1.82) is 0 Å². The van der Waals surface area contributed by atoms with Crippen molar-refractivity contribution in [3.8, 4) is 0 Å². The Morgan fingerprint density at radius 3 is 2.93 bits per heavy atom. The average Bonchev–Trinajstić information content (AvgIpc) is 2.98. The Morgan fingerprint density at radius 1 is 1.60 bits per heavy atom. The molecule has 82 valence electrons. The third kappa shape index (κ3) is 2.46. The third-order valence-corrected chi connectivity index (χ3v) is 2.62. The molecule has 0 radical (unpaired) electrons. The number of rotatable bonds is 5. The molecule has 1 aromatic heterocycles. The summed E-state index contributed by atoms with van der Waals surface area (Å²) in [6.07, 6.45) is 4.74. The summed E-state index contributed by atoms with van der Waals surface area (Å²) in [6.45, 7) is 0.0680. The van der Waals surface area contributed by atoms with Gasteiger partial charge in [-0.1, -0.05) is 0 Å². The number of Topliss-reactive ketones (excluding diaryl/α,β-unsaturated/α-hetero) is 1. The summed E-state index contributed by atoms with van der Waals surface area (Å²) in [5.74, 6) is 0.427. The number of hydrogen-bond donors (Lipinski definition) is 2. The molecule has 1 saturated carbocycles. The van der Waals surface area contributed by atoms with Crippen molar-refractivity contribution in [3.63, 3.8) is 0 Å². The van der Waals surface area contributed by atoms with Gasteiger partial charge in [-0.25, -0.2) is 0 Å². The van der Waals surface area contributed by atoms with Crippen LogP contribution in [0.2, 0.25) is 0 Å². The normalized spacial score (nSPS) is 17.7. The molecule has 4 nitrogen and oxygen atoms in total. The number of carbonyl (C=O) groups is 1. The van der Waals surface area contributed by atoms with Crippen molar-refractivity contribution in [2.75, 3.05) is 6.61 Å². The molecule has 2 rings (SSSR count). The number of carbonyl (C=O) groups excluding carboxylic acids is 1. The van der Waals surface area contributed by atoms with Crippen LogP contribution in [0.1, 0.15) is 23.2 Å². The Morgan fingerprint density at radius 2 is 2.33 bits per heavy atom. The van der Waals surface area contributed by atoms with Gasteiger partial charge in [0.15, 0.2) is 5.78 Å². The average molecular weight is 209 g/mol. The van der Waals surface area contributed by atoms with E-state index in [1.165, 1.54) is 0 Å². The Balaban J connectivity index is 2.00. The highest BCUT2D eigenvalue weighted by Crippen LogP contribution is 2.32. The largest absolute Gasteiger partial charge is 0.394 e. The van der Waals surface area contributed by atoms with Crippen molar-refractivity contribution < 1.29 is 15.0 Å². The lowest BCUT2D eigenvalue weighted by molar-refractivity contribution is 0.0812. The van der Waals surface area contributed by atoms with Crippen LogP contribution in [0.25, 0.3) is 0 Å². The number of aliphatic hydroxyl groups is 2. The standard InChI is InChI=1S/C11H15NO3/c13-7-10(14)6-12-4-3-9(5-12)11(15)8-1-2-8/h3-5,8,10,13-14H,1-2,6-7H2. The van der Waals surface area contributed by atoms with Crippen LogP contribution in [0, 0.1) is 5.92 Å². The predicted octanol–water partition coefficient (Wildman–Crippen LogP) is 0.434. The van der Waals surface area contributed by atoms with E-state index in [1.54, 1.807) is 23.0 Å². The third-order valence-electron chi connectivity index (χ3n) is 2.62. The molecule has 4 heteroatoms. The monoisotopic (exact) mass is 209 g/mol. The van der Waals surface area contributed by atoms with E-state index in [4.69, 9.17) is 5.11 Å². The zero-order valence-corrected chi connectivity index (χ0v) is 8.47. The topological polar surface area (TPSA) is 62.5 Å². The lowest BCUT2D eigenvalue weighted by Crippen LogP contribution is -2.18. The van der Waals surface area contributed by atoms with Gasteiger partial charge in [-0.15, -0.1) is 0 Å². The first kappa shape index (κ1) is 10.4. The highest BCUT2D eigenvalue weighted by Gasteiger charge is 2.30. The summed E-state index contributed by atoms with van der Waals surface area (Å²) < 4.78 is 1.73. The van der Waals surface area contributed by atoms with Crippen molar-refractivity contribution >= 4 is 5.78 Å². The van der Waals surface area contributed by atoms with Crippen LogP contribution in [-0.4, -0.2) is 33.3 Å². The van der Waals surface area contributed by atoms with Crippen LogP contribution in [0.3, 0.4) is 0 Å². The van der Waals surface area contributed by atoms with Gasteiger partial charge in [-0.05, 0) is 18.9 Å². The van der Waals surface area contributed by atoms with Gasteiger partial charge in [0, 0.05) is 23.9 Å². The van der Waals surface area contributed by atoms with Crippen LogP contribution < -0.4 is 0 Å². The van der Waals surface area contributed by atoms with Crippen LogP contribution in [0.4, 0.5) is 0 Å². The molecule has 1 aliphatic rings. The van der Waals surface area contributed by atoms with E-state index < -0.39 is 6.10 Å². The number of ketones is 1. The molecule has 1 unspecified atom stereocenters. The fraction of sp³-hybridized carbons (Fsp3) is 0.545. The lowest BCUT2D eigenvalue weighted by atomic mass is 10.1. The second-order valence-electron chi connectivity index (χ2n) is 4.07. The molecule has 1 aromatic rings. The first-order valence-corrected chi connectivity index (χ1v) is 5.19. The quantitative estimate of drug-likeness (QED) is 0.691. The van der Waals surface area contributed by atoms with E-state index in [0.717, 1.165) is 12.8 Å². The first-order valence-electron chi connectivity index (χ1n) is 5.19. The number of nitrogens with zero attached hydrogens (tertiary/aromatic N) is 1. The van der Waals surface area contributed by atoms with Gasteiger partial charge in [0.2, 0.25) is 0 Å². The molecular weight excluding hydrogens is 194 g/mol. The molecule has 0 aliphatic heterocycles. The number of hydrogen-bond acceptors (Lipinski definition) is 3. The SMILES string of the molecule is O=C(c1ccn(CC(O)CO)c1)C1CC1. The van der Waals surface area contributed by atoms with Gasteiger partial charge in [0.05, 0.1) is 19.3 Å². The van der Waals surface area contributed by atoms with Gasteiger partial charge in [0.25, 0.3) is 0 Å². The van der Waals surface area contributed by atoms with Crippen LogP contribution in [0.5, 0.6) is 0 Å². The minimum absolute atomic E-state index is 0.201. The molecule has 0 spiro atoms. The fourth-order valence-electron chi connectivity index (χ4n) is 1.58. The van der Waals surface area contributed by atoms with E-state index in [0.29, 0.717) is 12.1 Å². The van der Waals surface area contributed by atoms with Crippen molar-refractivity contribution in [3.05, 3.63) is 24.0 Å². The molecule has 0 aromatic carbocycles. The van der Waals surface area contributed by atoms with Crippen molar-refractivity contribution in [2.45, 2.75) is 25.5 Å². The summed E-state index contributed by atoms with van der Waals surface area (Å²) >= 11 is 0. The van der Waals surface area contributed by atoms with E-state index in [9.17, 15) is 9.90 Å². The lowest BCUT2D eigenvalue weighted by Gasteiger charge is -2.07. The van der Waals surface area contributed by atoms with Gasteiger partial charge >= 0.3 is 0 Å². The maximum absolute atomic E-state index is 11.7. The van der Waals surface area contributed by atoms with Gasteiger partial charge in [-0.2, -0.15) is 0 Å². The summed E-state index contributed by atoms with van der Waals surface area (Å²) in [6, 6.07) is 1.77. The smallest absolute Gasteiger partial charge is 0.167 e. The molecule has 1 aliphatic carbocycles. The minimum atomic E-state index is -0.763. The summed E-state index contributed by atoms with van der Waals surface area (Å²) in [5, 5.41) is 17.9. The van der Waals surface area contributed by atoms with E-state index in [-0.39, 0.29) is 18.3 Å². The van der Waals surface area contributed by atoms with Crippen molar-refractivity contribution in [2.24, 2.45) is 5.92 Å².